The van der Waals surface area contributed by atoms with Crippen LogP contribution in [0.25, 0.3) is 0 Å². The molecular weight excluding hydrogens is 244 g/mol. The smallest absolute Gasteiger partial charge is 0.239 e. The highest BCUT2D eigenvalue weighted by Crippen LogP contribution is 2.19. The summed E-state index contributed by atoms with van der Waals surface area (Å²) in [4.78, 5) is 18.2. The lowest BCUT2D eigenvalue weighted by Gasteiger charge is -2.30. The molecule has 1 aliphatic rings. The minimum Gasteiger partial charge on any atom is -0.367 e. The maximum atomic E-state index is 11.8. The van der Waals surface area contributed by atoms with Crippen molar-refractivity contribution in [3.8, 4) is 0 Å². The van der Waals surface area contributed by atoms with Crippen molar-refractivity contribution in [3.05, 3.63) is 5.82 Å². The van der Waals surface area contributed by atoms with Gasteiger partial charge in [-0.25, -0.2) is 0 Å². The summed E-state index contributed by atoms with van der Waals surface area (Å²) in [7, 11) is 0. The van der Waals surface area contributed by atoms with Gasteiger partial charge in [-0.2, -0.15) is 4.98 Å². The molecule has 1 amide bonds. The number of anilines is 1. The lowest BCUT2D eigenvalue weighted by Crippen LogP contribution is -2.35. The van der Waals surface area contributed by atoms with Crippen molar-refractivity contribution in [3.63, 3.8) is 0 Å². The van der Waals surface area contributed by atoms with Crippen LogP contribution in [0, 0.1) is 5.92 Å². The first-order chi connectivity index (χ1) is 9.17. The molecule has 0 bridgehead atoms. The number of amides is 1. The van der Waals surface area contributed by atoms with Gasteiger partial charge in [-0.05, 0) is 38.4 Å². The van der Waals surface area contributed by atoms with Gasteiger partial charge in [-0.1, -0.05) is 6.92 Å². The zero-order valence-corrected chi connectivity index (χ0v) is 11.4. The van der Waals surface area contributed by atoms with E-state index in [1.807, 2.05) is 0 Å². The zero-order chi connectivity index (χ0) is 13.7. The molecule has 1 saturated heterocycles. The molecule has 2 rings (SSSR count). The van der Waals surface area contributed by atoms with E-state index < -0.39 is 0 Å². The van der Waals surface area contributed by atoms with Crippen LogP contribution < -0.4 is 11.1 Å². The third kappa shape index (κ3) is 4.20. The van der Waals surface area contributed by atoms with Crippen molar-refractivity contribution >= 4 is 11.9 Å². The van der Waals surface area contributed by atoms with Crippen molar-refractivity contribution in [1.82, 2.24) is 25.4 Å². The topological polar surface area (TPSA) is 99.9 Å². The zero-order valence-electron chi connectivity index (χ0n) is 11.4. The number of hydrogen-bond acceptors (Lipinski definition) is 5. The predicted molar refractivity (Wildman–Crippen MR) is 72.1 cm³/mol. The Morgan fingerprint density at radius 3 is 2.84 bits per heavy atom. The molecule has 4 N–H and O–H groups in total. The number of nitrogen functional groups attached to an aromatic ring is 1. The summed E-state index contributed by atoms with van der Waals surface area (Å²) >= 11 is 0. The summed E-state index contributed by atoms with van der Waals surface area (Å²) in [6.45, 7) is 5.85. The molecule has 19 heavy (non-hydrogen) atoms. The molecule has 0 saturated carbocycles. The number of nitrogens with two attached hydrogens (primary N) is 1. The average molecular weight is 266 g/mol. The summed E-state index contributed by atoms with van der Waals surface area (Å²) in [5.41, 5.74) is 5.39. The molecule has 0 unspecified atom stereocenters. The van der Waals surface area contributed by atoms with E-state index in [2.05, 4.69) is 32.3 Å². The Hall–Kier alpha value is -1.63. The standard InChI is InChI=1S/C12H22N6O/c1-2-18-5-3-9(4-6-18)7-11(19)14-8-10-15-12(13)17-16-10/h9H,2-8H2,1H3,(H,14,19)(H3,13,15,16,17). The van der Waals surface area contributed by atoms with E-state index in [0.29, 0.717) is 24.7 Å². The molecule has 0 aromatic carbocycles. The fourth-order valence-electron chi connectivity index (χ4n) is 2.41. The van der Waals surface area contributed by atoms with Crippen LogP contribution in [-0.4, -0.2) is 45.6 Å². The molecule has 0 spiro atoms. The van der Waals surface area contributed by atoms with E-state index in [1.54, 1.807) is 0 Å². The molecular formula is C12H22N6O. The molecule has 2 heterocycles. The first-order valence-corrected chi connectivity index (χ1v) is 6.83. The number of carbonyl (C=O) groups is 1. The Morgan fingerprint density at radius 1 is 1.53 bits per heavy atom. The van der Waals surface area contributed by atoms with Crippen LogP contribution >= 0.6 is 0 Å². The lowest BCUT2D eigenvalue weighted by atomic mass is 9.93. The van der Waals surface area contributed by atoms with Crippen LogP contribution in [0.5, 0.6) is 0 Å². The van der Waals surface area contributed by atoms with Crippen LogP contribution in [0.15, 0.2) is 0 Å². The van der Waals surface area contributed by atoms with E-state index in [1.165, 1.54) is 0 Å². The van der Waals surface area contributed by atoms with Crippen molar-refractivity contribution in [2.75, 3.05) is 25.4 Å². The number of piperidine rings is 1. The first kappa shape index (κ1) is 13.8. The number of rotatable bonds is 5. The summed E-state index contributed by atoms with van der Waals surface area (Å²) in [5, 5.41) is 9.23. The lowest BCUT2D eigenvalue weighted by molar-refractivity contribution is -0.122. The fourth-order valence-corrected chi connectivity index (χ4v) is 2.41. The summed E-state index contributed by atoms with van der Waals surface area (Å²) < 4.78 is 0. The maximum absolute atomic E-state index is 11.8. The summed E-state index contributed by atoms with van der Waals surface area (Å²) in [5.74, 6) is 1.37. The number of carbonyl (C=O) groups excluding carboxylic acids is 1. The van der Waals surface area contributed by atoms with E-state index in [0.717, 1.165) is 32.5 Å². The molecule has 7 heteroatoms. The Kier molecular flexibility index (Phi) is 4.73. The highest BCUT2D eigenvalue weighted by molar-refractivity contribution is 5.76. The summed E-state index contributed by atoms with van der Waals surface area (Å²) in [6.07, 6.45) is 2.81. The molecule has 1 fully saturated rings. The van der Waals surface area contributed by atoms with E-state index >= 15 is 0 Å². The minimum absolute atomic E-state index is 0.0740. The Labute approximate surface area is 113 Å². The number of nitrogens with zero attached hydrogens (tertiary/aromatic N) is 3. The van der Waals surface area contributed by atoms with Gasteiger partial charge < -0.3 is 16.0 Å². The molecule has 0 radical (unpaired) electrons. The van der Waals surface area contributed by atoms with Gasteiger partial charge >= 0.3 is 0 Å². The number of hydrogen-bond donors (Lipinski definition) is 3. The van der Waals surface area contributed by atoms with Crippen molar-refractivity contribution in [1.29, 1.82) is 0 Å². The van der Waals surface area contributed by atoms with E-state index in [4.69, 9.17) is 5.73 Å². The van der Waals surface area contributed by atoms with Gasteiger partial charge in [-0.3, -0.25) is 9.89 Å². The van der Waals surface area contributed by atoms with Gasteiger partial charge in [0.05, 0.1) is 6.54 Å². The van der Waals surface area contributed by atoms with Crippen LogP contribution in [0.3, 0.4) is 0 Å². The van der Waals surface area contributed by atoms with Gasteiger partial charge in [0.2, 0.25) is 11.9 Å². The van der Waals surface area contributed by atoms with Crippen molar-refractivity contribution in [2.24, 2.45) is 5.92 Å². The first-order valence-electron chi connectivity index (χ1n) is 6.83. The SMILES string of the molecule is CCN1CCC(CC(=O)NCc2nc(N)n[nH]2)CC1. The Bertz CT molecular complexity index is 410. The third-order valence-electron chi connectivity index (χ3n) is 3.63. The normalized spacial score (nSPS) is 17.5. The second-order valence-electron chi connectivity index (χ2n) is 5.00. The maximum Gasteiger partial charge on any atom is 0.239 e. The molecule has 0 aliphatic carbocycles. The molecule has 106 valence electrons. The molecule has 1 aromatic rings. The number of aromatic amines is 1. The highest BCUT2D eigenvalue weighted by atomic mass is 16.1. The van der Waals surface area contributed by atoms with Crippen molar-refractivity contribution < 1.29 is 4.79 Å². The average Bonchev–Trinajstić information content (AvgIpc) is 2.83. The number of nitrogens with one attached hydrogen (secondary N) is 2. The number of H-pyrrole nitrogens is 1. The summed E-state index contributed by atoms with van der Waals surface area (Å²) in [6, 6.07) is 0. The fraction of sp³-hybridized carbons (Fsp3) is 0.750. The van der Waals surface area contributed by atoms with Gasteiger partial charge in [0.15, 0.2) is 0 Å². The van der Waals surface area contributed by atoms with Gasteiger partial charge in [0.1, 0.15) is 5.82 Å². The van der Waals surface area contributed by atoms with Crippen molar-refractivity contribution in [2.45, 2.75) is 32.7 Å². The molecule has 1 aromatic heterocycles. The second-order valence-corrected chi connectivity index (χ2v) is 5.00. The second kappa shape index (κ2) is 6.51. The Morgan fingerprint density at radius 2 is 2.26 bits per heavy atom. The van der Waals surface area contributed by atoms with Gasteiger partial charge in [0, 0.05) is 6.42 Å². The van der Waals surface area contributed by atoms with Crippen LogP contribution in [0.4, 0.5) is 5.95 Å². The highest BCUT2D eigenvalue weighted by Gasteiger charge is 2.20. The predicted octanol–water partition coefficient (Wildman–Crippen LogP) is 0.125. The number of likely N-dealkylation sites (tertiary alicyclic amines) is 1. The van der Waals surface area contributed by atoms with Crippen LogP contribution in [0.2, 0.25) is 0 Å². The molecule has 1 aliphatic heterocycles. The monoisotopic (exact) mass is 266 g/mol. The van der Waals surface area contributed by atoms with E-state index in [-0.39, 0.29) is 11.9 Å². The molecule has 7 nitrogen and oxygen atoms in total. The number of aromatic nitrogens is 3. The van der Waals surface area contributed by atoms with Gasteiger partial charge in [0.25, 0.3) is 0 Å². The van der Waals surface area contributed by atoms with Gasteiger partial charge in [-0.15, -0.1) is 5.10 Å². The van der Waals surface area contributed by atoms with Crippen LogP contribution in [-0.2, 0) is 11.3 Å². The van der Waals surface area contributed by atoms with E-state index in [9.17, 15) is 4.79 Å². The quantitative estimate of drug-likeness (QED) is 0.703. The third-order valence-corrected chi connectivity index (χ3v) is 3.63. The minimum atomic E-state index is 0.0740. The largest absolute Gasteiger partial charge is 0.367 e. The Balaban J connectivity index is 1.67. The molecule has 0 atom stereocenters. The van der Waals surface area contributed by atoms with Crippen LogP contribution in [0.1, 0.15) is 32.0 Å².